The molecule has 0 unspecified atom stereocenters. The zero-order valence-corrected chi connectivity index (χ0v) is 9.46. The lowest BCUT2D eigenvalue weighted by atomic mass is 10.5. The summed E-state index contributed by atoms with van der Waals surface area (Å²) in [5.41, 5.74) is 5.86. The van der Waals surface area contributed by atoms with Crippen molar-refractivity contribution in [3.05, 3.63) is 16.4 Å². The molecule has 0 spiro atoms. The monoisotopic (exact) mass is 238 g/mol. The Balaban J connectivity index is 2.86. The van der Waals surface area contributed by atoms with Crippen molar-refractivity contribution in [1.82, 2.24) is 5.10 Å². The fourth-order valence-corrected chi connectivity index (χ4v) is 1.89. The van der Waals surface area contributed by atoms with Crippen LogP contribution in [0.2, 0.25) is 10.2 Å². The van der Waals surface area contributed by atoms with Gasteiger partial charge in [0.2, 0.25) is 11.3 Å². The minimum Gasteiger partial charge on any atom is -0.395 e. The molecule has 1 heterocycles. The number of rotatable bonds is 3. The molecule has 6 heteroatoms. The lowest BCUT2D eigenvalue weighted by Crippen LogP contribution is -2.30. The van der Waals surface area contributed by atoms with Crippen molar-refractivity contribution in [1.29, 1.82) is 0 Å². The third kappa shape index (κ3) is 2.90. The Morgan fingerprint density at radius 1 is 1.62 bits per heavy atom. The van der Waals surface area contributed by atoms with E-state index < -0.39 is 0 Å². The third-order valence-corrected chi connectivity index (χ3v) is 2.94. The van der Waals surface area contributed by atoms with Crippen molar-refractivity contribution in [3.63, 3.8) is 0 Å². The normalized spacial score (nSPS) is 10.4. The lowest BCUT2D eigenvalue weighted by molar-refractivity contribution is -0.564. The highest BCUT2D eigenvalue weighted by atomic mass is 35.5. The molecular formula is C7H10Cl2N3S+. The van der Waals surface area contributed by atoms with E-state index in [4.69, 9.17) is 28.9 Å². The first kappa shape index (κ1) is 10.9. The molecule has 72 valence electrons. The van der Waals surface area contributed by atoms with Crippen LogP contribution >= 0.6 is 35.1 Å². The van der Waals surface area contributed by atoms with Crippen LogP contribution in [0.3, 0.4) is 0 Å². The van der Waals surface area contributed by atoms with Crippen LogP contribution in [0.25, 0.3) is 0 Å². The molecule has 1 aromatic rings. The molecule has 0 saturated heterocycles. The molecule has 3 nitrogen and oxygen atoms in total. The van der Waals surface area contributed by atoms with Crippen molar-refractivity contribution in [2.24, 2.45) is 0 Å². The first-order valence-electron chi connectivity index (χ1n) is 3.82. The molecule has 1 rings (SSSR count). The van der Waals surface area contributed by atoms with Crippen LogP contribution in [0, 0.1) is 0 Å². The molecule has 0 aliphatic rings. The van der Waals surface area contributed by atoms with Gasteiger partial charge in [-0.25, -0.2) is 0 Å². The molecular weight excluding hydrogens is 229 g/mol. The molecule has 0 radical (unpaired) electrons. The van der Waals surface area contributed by atoms with Crippen molar-refractivity contribution in [3.8, 4) is 0 Å². The van der Waals surface area contributed by atoms with Crippen LogP contribution in [-0.2, 0) is 0 Å². The van der Waals surface area contributed by atoms with Gasteiger partial charge in [-0.2, -0.15) is 0 Å². The molecule has 0 bridgehead atoms. The average Bonchev–Trinajstić information content (AvgIpc) is 2.10. The Bertz CT molecular complexity index is 283. The number of nitrogen functional groups attached to an aromatic ring is 1. The molecule has 0 aliphatic heterocycles. The Morgan fingerprint density at radius 3 is 2.85 bits per heavy atom. The molecule has 0 atom stereocenters. The van der Waals surface area contributed by atoms with Crippen LogP contribution < -0.4 is 9.82 Å². The fourth-order valence-electron chi connectivity index (χ4n) is 0.685. The van der Waals surface area contributed by atoms with Crippen LogP contribution in [0.15, 0.2) is 6.20 Å². The molecule has 0 aliphatic carbocycles. The molecule has 0 saturated carbocycles. The number of halogens is 2. The van der Waals surface area contributed by atoms with Gasteiger partial charge in [0.25, 0.3) is 0 Å². The van der Waals surface area contributed by atoms with Gasteiger partial charge in [0.05, 0.1) is 5.75 Å². The van der Waals surface area contributed by atoms with E-state index in [1.165, 1.54) is 11.9 Å². The largest absolute Gasteiger partial charge is 0.395 e. The summed E-state index contributed by atoms with van der Waals surface area (Å²) in [5.74, 6) is 0.967. The van der Waals surface area contributed by atoms with Crippen molar-refractivity contribution < 1.29 is 4.09 Å². The van der Waals surface area contributed by atoms with Crippen molar-refractivity contribution in [2.75, 3.05) is 11.5 Å². The number of hydrogen-bond acceptors (Lipinski definition) is 3. The highest BCUT2D eigenvalue weighted by Crippen LogP contribution is 2.22. The molecule has 0 fully saturated rings. The van der Waals surface area contributed by atoms with Gasteiger partial charge in [0, 0.05) is 5.10 Å². The highest BCUT2D eigenvalue weighted by molar-refractivity contribution is 7.92. The van der Waals surface area contributed by atoms with Crippen LogP contribution in [0.4, 0.5) is 5.69 Å². The van der Waals surface area contributed by atoms with E-state index >= 15 is 0 Å². The van der Waals surface area contributed by atoms with E-state index in [-0.39, 0.29) is 5.15 Å². The lowest BCUT2D eigenvalue weighted by Gasteiger charge is -1.96. The maximum absolute atomic E-state index is 5.81. The number of nitrogens with two attached hydrogens (primary N) is 1. The summed E-state index contributed by atoms with van der Waals surface area (Å²) in [6, 6.07) is 0. The molecule has 13 heavy (non-hydrogen) atoms. The minimum absolute atomic E-state index is 0.246. The second kappa shape index (κ2) is 4.88. The van der Waals surface area contributed by atoms with Gasteiger partial charge in [-0.1, -0.05) is 30.1 Å². The van der Waals surface area contributed by atoms with Gasteiger partial charge in [0.1, 0.15) is 10.7 Å². The zero-order chi connectivity index (χ0) is 9.84. The predicted molar refractivity (Wildman–Crippen MR) is 57.0 cm³/mol. The molecule has 0 amide bonds. The Labute approximate surface area is 91.3 Å². The standard InChI is InChI=1S/C7H9Cl2N3S/c1-2-3-13-12-4-5(8)6(10)7(9)11-12/h4,10H,2-3H2,1H3/p+1. The van der Waals surface area contributed by atoms with Crippen molar-refractivity contribution in [2.45, 2.75) is 13.3 Å². The van der Waals surface area contributed by atoms with E-state index in [0.717, 1.165) is 12.2 Å². The van der Waals surface area contributed by atoms with Gasteiger partial charge in [-0.05, 0) is 10.5 Å². The summed E-state index contributed by atoms with van der Waals surface area (Å²) in [5, 5.41) is 4.69. The first-order chi connectivity index (χ1) is 6.15. The van der Waals surface area contributed by atoms with Crippen LogP contribution in [-0.4, -0.2) is 10.9 Å². The van der Waals surface area contributed by atoms with Crippen LogP contribution in [0.5, 0.6) is 0 Å². The van der Waals surface area contributed by atoms with E-state index in [2.05, 4.69) is 12.0 Å². The topological polar surface area (TPSA) is 42.8 Å². The Morgan fingerprint density at radius 2 is 2.31 bits per heavy atom. The maximum Gasteiger partial charge on any atom is 0.232 e. The summed E-state index contributed by atoms with van der Waals surface area (Å²) >= 11 is 13.1. The van der Waals surface area contributed by atoms with Gasteiger partial charge in [-0.3, -0.25) is 0 Å². The van der Waals surface area contributed by atoms with Gasteiger partial charge in [0.15, 0.2) is 11.9 Å². The average molecular weight is 239 g/mol. The number of hydrogen-bond donors (Lipinski definition) is 1. The second-order valence-electron chi connectivity index (χ2n) is 2.42. The summed E-state index contributed by atoms with van der Waals surface area (Å²) in [6.45, 7) is 2.09. The molecule has 2 N–H and O–H groups in total. The van der Waals surface area contributed by atoms with Gasteiger partial charge >= 0.3 is 0 Å². The smallest absolute Gasteiger partial charge is 0.232 e. The van der Waals surface area contributed by atoms with E-state index in [0.29, 0.717) is 10.7 Å². The Hall–Kier alpha value is -0.190. The summed E-state index contributed by atoms with van der Waals surface area (Å²) in [7, 11) is 0. The number of anilines is 1. The van der Waals surface area contributed by atoms with E-state index in [1.54, 1.807) is 10.3 Å². The maximum atomic E-state index is 5.81. The highest BCUT2D eigenvalue weighted by Gasteiger charge is 2.13. The Kier molecular flexibility index (Phi) is 4.09. The van der Waals surface area contributed by atoms with Crippen molar-refractivity contribution >= 4 is 40.8 Å². The second-order valence-corrected chi connectivity index (χ2v) is 4.22. The van der Waals surface area contributed by atoms with Gasteiger partial charge < -0.3 is 5.73 Å². The molecule has 0 aromatic carbocycles. The first-order valence-corrected chi connectivity index (χ1v) is 5.51. The summed E-state index contributed by atoms with van der Waals surface area (Å²) in [6.07, 6.45) is 2.72. The predicted octanol–water partition coefficient (Wildman–Crippen LogP) is 2.16. The van der Waals surface area contributed by atoms with E-state index in [1.807, 2.05) is 0 Å². The minimum atomic E-state index is 0.246. The third-order valence-electron chi connectivity index (χ3n) is 1.32. The van der Waals surface area contributed by atoms with Crippen LogP contribution in [0.1, 0.15) is 13.3 Å². The van der Waals surface area contributed by atoms with Gasteiger partial charge in [-0.15, -0.1) is 0 Å². The zero-order valence-electron chi connectivity index (χ0n) is 7.13. The number of nitrogens with zero attached hydrogens (tertiary/aromatic N) is 2. The number of aromatic nitrogens is 2. The SMILES string of the molecule is CCCS[n+]1cc(Cl)c(N)c(Cl)n1. The fraction of sp³-hybridized carbons (Fsp3) is 0.429. The van der Waals surface area contributed by atoms with E-state index in [9.17, 15) is 0 Å². The summed E-state index contributed by atoms with van der Waals surface area (Å²) < 4.78 is 1.63. The quantitative estimate of drug-likeness (QED) is 0.822. The molecule has 1 aromatic heterocycles. The summed E-state index contributed by atoms with van der Waals surface area (Å²) in [4.78, 5) is 0.